The van der Waals surface area contributed by atoms with Crippen LogP contribution in [-0.4, -0.2) is 14.7 Å². The van der Waals surface area contributed by atoms with Gasteiger partial charge >= 0.3 is 4.87 Å². The molecule has 1 saturated carbocycles. The van der Waals surface area contributed by atoms with Gasteiger partial charge in [-0.25, -0.2) is 0 Å². The molecule has 3 rings (SSSR count). The molecule has 1 aliphatic rings. The van der Waals surface area contributed by atoms with E-state index in [1.807, 2.05) is 0 Å². The van der Waals surface area contributed by atoms with E-state index in [-0.39, 0.29) is 4.87 Å². The molecule has 0 radical (unpaired) electrons. The minimum absolute atomic E-state index is 0.00109. The molecule has 15 heavy (non-hydrogen) atoms. The van der Waals surface area contributed by atoms with Crippen molar-refractivity contribution in [1.29, 1.82) is 0 Å². The number of hydrogen-bond acceptors (Lipinski definition) is 5. The van der Waals surface area contributed by atoms with Crippen LogP contribution >= 0.6 is 11.3 Å². The predicted octanol–water partition coefficient (Wildman–Crippen LogP) is 1.22. The number of nitrogens with zero attached hydrogens (tertiary/aromatic N) is 3. The van der Waals surface area contributed by atoms with Crippen LogP contribution in [0.5, 0.6) is 0 Å². The highest BCUT2D eigenvalue weighted by molar-refractivity contribution is 7.07. The first-order valence-corrected chi connectivity index (χ1v) is 5.67. The lowest BCUT2D eigenvalue weighted by molar-refractivity contribution is 0.365. The van der Waals surface area contributed by atoms with Crippen molar-refractivity contribution in [2.45, 2.75) is 25.3 Å². The van der Waals surface area contributed by atoms with Crippen LogP contribution in [0.25, 0.3) is 0 Å². The zero-order chi connectivity index (χ0) is 10.3. The van der Waals surface area contributed by atoms with Crippen molar-refractivity contribution in [2.75, 3.05) is 0 Å². The SMILES string of the molecule is O=c1sccn1Cc1nc(C2CC2)no1. The Morgan fingerprint density at radius 1 is 1.60 bits per heavy atom. The topological polar surface area (TPSA) is 60.9 Å². The number of hydrogen-bond donors (Lipinski definition) is 0. The summed E-state index contributed by atoms with van der Waals surface area (Å²) in [6.07, 6.45) is 4.03. The van der Waals surface area contributed by atoms with Gasteiger partial charge in [0.05, 0.1) is 0 Å². The van der Waals surface area contributed by atoms with Crippen LogP contribution in [0.15, 0.2) is 20.9 Å². The summed E-state index contributed by atoms with van der Waals surface area (Å²) >= 11 is 1.17. The Balaban J connectivity index is 1.81. The molecule has 0 saturated heterocycles. The molecule has 2 heterocycles. The third-order valence-electron chi connectivity index (χ3n) is 2.38. The van der Waals surface area contributed by atoms with Gasteiger partial charge in [-0.2, -0.15) is 4.98 Å². The van der Waals surface area contributed by atoms with E-state index in [4.69, 9.17) is 4.52 Å². The summed E-state index contributed by atoms with van der Waals surface area (Å²) in [4.78, 5) is 15.5. The summed E-state index contributed by atoms with van der Waals surface area (Å²) in [6.45, 7) is 0.377. The Morgan fingerprint density at radius 2 is 2.47 bits per heavy atom. The van der Waals surface area contributed by atoms with Gasteiger partial charge in [-0.3, -0.25) is 9.36 Å². The lowest BCUT2D eigenvalue weighted by atomic mass is 10.4. The Kier molecular flexibility index (Phi) is 1.95. The van der Waals surface area contributed by atoms with Gasteiger partial charge < -0.3 is 4.52 Å². The fourth-order valence-corrected chi connectivity index (χ4v) is 1.98. The van der Waals surface area contributed by atoms with Gasteiger partial charge in [0.25, 0.3) is 0 Å². The molecule has 0 atom stereocenters. The van der Waals surface area contributed by atoms with E-state index in [9.17, 15) is 4.79 Å². The molecule has 1 aliphatic carbocycles. The van der Waals surface area contributed by atoms with Gasteiger partial charge in [0.15, 0.2) is 5.82 Å². The van der Waals surface area contributed by atoms with Gasteiger partial charge in [0, 0.05) is 17.5 Å². The monoisotopic (exact) mass is 223 g/mol. The minimum Gasteiger partial charge on any atom is -0.337 e. The highest BCUT2D eigenvalue weighted by Gasteiger charge is 2.28. The molecule has 5 nitrogen and oxygen atoms in total. The highest BCUT2D eigenvalue weighted by atomic mass is 32.1. The molecule has 0 aliphatic heterocycles. The van der Waals surface area contributed by atoms with Crippen LogP contribution in [0.4, 0.5) is 0 Å². The van der Waals surface area contributed by atoms with Crippen LogP contribution in [-0.2, 0) is 6.54 Å². The highest BCUT2D eigenvalue weighted by Crippen LogP contribution is 2.38. The molecular weight excluding hydrogens is 214 g/mol. The maximum absolute atomic E-state index is 11.3. The Labute approximate surface area is 89.4 Å². The molecule has 6 heteroatoms. The van der Waals surface area contributed by atoms with Gasteiger partial charge in [-0.1, -0.05) is 16.5 Å². The van der Waals surface area contributed by atoms with E-state index in [1.165, 1.54) is 11.3 Å². The first kappa shape index (κ1) is 8.84. The first-order valence-electron chi connectivity index (χ1n) is 4.79. The predicted molar refractivity (Wildman–Crippen MR) is 54.0 cm³/mol. The molecule has 2 aromatic rings. The normalized spacial score (nSPS) is 15.7. The zero-order valence-electron chi connectivity index (χ0n) is 7.92. The molecule has 1 fully saturated rings. The summed E-state index contributed by atoms with van der Waals surface area (Å²) in [5.74, 6) is 1.78. The van der Waals surface area contributed by atoms with Crippen molar-refractivity contribution in [3.8, 4) is 0 Å². The molecule has 0 N–H and O–H groups in total. The maximum Gasteiger partial charge on any atom is 0.307 e. The lowest BCUT2D eigenvalue weighted by Gasteiger charge is -1.92. The van der Waals surface area contributed by atoms with Gasteiger partial charge in [0.1, 0.15) is 6.54 Å². The van der Waals surface area contributed by atoms with E-state index >= 15 is 0 Å². The third-order valence-corrected chi connectivity index (χ3v) is 3.07. The number of thiazole rings is 1. The summed E-state index contributed by atoms with van der Waals surface area (Å²) in [5.41, 5.74) is 0. The molecular formula is C9H9N3O2S. The molecule has 0 bridgehead atoms. The van der Waals surface area contributed by atoms with Crippen LogP contribution in [0.2, 0.25) is 0 Å². The Morgan fingerprint density at radius 3 is 3.13 bits per heavy atom. The van der Waals surface area contributed by atoms with Crippen LogP contribution < -0.4 is 4.87 Å². The Hall–Kier alpha value is -1.43. The van der Waals surface area contributed by atoms with Crippen molar-refractivity contribution in [3.63, 3.8) is 0 Å². The number of rotatable bonds is 3. The molecule has 2 aromatic heterocycles. The largest absolute Gasteiger partial charge is 0.337 e. The summed E-state index contributed by atoms with van der Waals surface area (Å²) in [6, 6.07) is 0. The van der Waals surface area contributed by atoms with Gasteiger partial charge in [-0.05, 0) is 12.8 Å². The van der Waals surface area contributed by atoms with E-state index in [2.05, 4.69) is 10.1 Å². The first-order chi connectivity index (χ1) is 7.33. The summed E-state index contributed by atoms with van der Waals surface area (Å²) < 4.78 is 6.64. The van der Waals surface area contributed by atoms with Crippen molar-refractivity contribution in [1.82, 2.24) is 14.7 Å². The van der Waals surface area contributed by atoms with Gasteiger partial charge in [-0.15, -0.1) is 0 Å². The maximum atomic E-state index is 11.3. The van der Waals surface area contributed by atoms with Crippen molar-refractivity contribution in [2.24, 2.45) is 0 Å². The molecule has 0 aromatic carbocycles. The van der Waals surface area contributed by atoms with E-state index in [0.29, 0.717) is 18.4 Å². The average molecular weight is 223 g/mol. The molecule has 78 valence electrons. The molecule has 0 spiro atoms. The quantitative estimate of drug-likeness (QED) is 0.784. The zero-order valence-corrected chi connectivity index (χ0v) is 8.74. The van der Waals surface area contributed by atoms with Gasteiger partial charge in [0.2, 0.25) is 5.89 Å². The van der Waals surface area contributed by atoms with Crippen LogP contribution in [0.1, 0.15) is 30.5 Å². The average Bonchev–Trinajstić information content (AvgIpc) is 2.86. The molecule has 0 amide bonds. The number of aromatic nitrogens is 3. The van der Waals surface area contributed by atoms with Crippen LogP contribution in [0, 0.1) is 0 Å². The van der Waals surface area contributed by atoms with E-state index in [0.717, 1.165) is 18.7 Å². The lowest BCUT2D eigenvalue weighted by Crippen LogP contribution is -2.12. The van der Waals surface area contributed by atoms with Crippen LogP contribution in [0.3, 0.4) is 0 Å². The third kappa shape index (κ3) is 1.72. The second-order valence-corrected chi connectivity index (χ2v) is 4.47. The molecule has 0 unspecified atom stereocenters. The fourth-order valence-electron chi connectivity index (χ4n) is 1.39. The van der Waals surface area contributed by atoms with Crippen molar-refractivity contribution >= 4 is 11.3 Å². The second kappa shape index (κ2) is 3.30. The minimum atomic E-state index is 0.00109. The summed E-state index contributed by atoms with van der Waals surface area (Å²) in [7, 11) is 0. The standard InChI is InChI=1S/C9H9N3O2S/c13-9-12(3-4-15-9)5-7-10-8(11-14-7)6-1-2-6/h3-4,6H,1-2,5H2. The van der Waals surface area contributed by atoms with E-state index in [1.54, 1.807) is 16.1 Å². The summed E-state index contributed by atoms with van der Waals surface area (Å²) in [5, 5.41) is 5.64. The van der Waals surface area contributed by atoms with Crippen molar-refractivity contribution in [3.05, 3.63) is 33.0 Å². The fraction of sp³-hybridized carbons (Fsp3) is 0.444. The van der Waals surface area contributed by atoms with E-state index < -0.39 is 0 Å². The smallest absolute Gasteiger partial charge is 0.307 e. The van der Waals surface area contributed by atoms with Crippen molar-refractivity contribution < 1.29 is 4.52 Å². The second-order valence-electron chi connectivity index (χ2n) is 3.62. The Bertz CT molecular complexity index is 523.